The van der Waals surface area contributed by atoms with E-state index in [1.54, 1.807) is 20.0 Å². The SMILES string of the molecule is CCCCCCCC1CCC(C2CCC(CCc3ccc(OC)cc3)CC2)CC1. The maximum atomic E-state index is 5.27. The van der Waals surface area contributed by atoms with Crippen LogP contribution >= 0.6 is 0 Å². The van der Waals surface area contributed by atoms with E-state index >= 15 is 0 Å². The Morgan fingerprint density at radius 2 is 1.24 bits per heavy atom. The number of ether oxygens (including phenoxy) is 1. The molecular formula is C28H46O. The van der Waals surface area contributed by atoms with Gasteiger partial charge >= 0.3 is 0 Å². The summed E-state index contributed by atoms with van der Waals surface area (Å²) in [4.78, 5) is 0. The Morgan fingerprint density at radius 3 is 1.79 bits per heavy atom. The second-order valence-corrected chi connectivity index (χ2v) is 10.2. The maximum Gasteiger partial charge on any atom is 0.118 e. The molecule has 2 fully saturated rings. The van der Waals surface area contributed by atoms with Crippen LogP contribution in [0.3, 0.4) is 0 Å². The van der Waals surface area contributed by atoms with E-state index < -0.39 is 0 Å². The van der Waals surface area contributed by atoms with Gasteiger partial charge in [-0.2, -0.15) is 0 Å². The number of benzene rings is 1. The zero-order valence-electron chi connectivity index (χ0n) is 19.3. The van der Waals surface area contributed by atoms with Crippen LogP contribution in [-0.4, -0.2) is 7.11 Å². The first-order valence-electron chi connectivity index (χ1n) is 12.9. The summed E-state index contributed by atoms with van der Waals surface area (Å²) < 4.78 is 5.27. The molecule has 164 valence electrons. The van der Waals surface area contributed by atoms with Crippen LogP contribution in [0.2, 0.25) is 0 Å². The Balaban J connectivity index is 1.28. The third kappa shape index (κ3) is 7.65. The van der Waals surface area contributed by atoms with Crippen LogP contribution in [0.5, 0.6) is 5.75 Å². The molecule has 0 aromatic heterocycles. The topological polar surface area (TPSA) is 9.23 Å². The Morgan fingerprint density at radius 1 is 0.690 bits per heavy atom. The molecule has 2 aliphatic carbocycles. The first kappa shape index (κ1) is 22.7. The fraction of sp³-hybridized carbons (Fsp3) is 0.786. The molecule has 0 unspecified atom stereocenters. The van der Waals surface area contributed by atoms with E-state index in [-0.39, 0.29) is 0 Å². The van der Waals surface area contributed by atoms with E-state index in [0.717, 1.165) is 29.4 Å². The van der Waals surface area contributed by atoms with E-state index in [2.05, 4.69) is 31.2 Å². The summed E-state index contributed by atoms with van der Waals surface area (Å²) in [6, 6.07) is 8.70. The van der Waals surface area contributed by atoms with E-state index in [1.165, 1.54) is 95.5 Å². The number of unbranched alkanes of at least 4 members (excludes halogenated alkanes) is 4. The highest BCUT2D eigenvalue weighted by atomic mass is 16.5. The summed E-state index contributed by atoms with van der Waals surface area (Å²) >= 11 is 0. The van der Waals surface area contributed by atoms with E-state index in [4.69, 9.17) is 4.74 Å². The molecule has 3 rings (SSSR count). The molecule has 1 aromatic carbocycles. The molecule has 0 saturated heterocycles. The van der Waals surface area contributed by atoms with Gasteiger partial charge in [-0.05, 0) is 79.9 Å². The van der Waals surface area contributed by atoms with Crippen molar-refractivity contribution in [1.82, 2.24) is 0 Å². The second-order valence-electron chi connectivity index (χ2n) is 10.2. The smallest absolute Gasteiger partial charge is 0.118 e. The molecular weight excluding hydrogens is 352 g/mol. The van der Waals surface area contributed by atoms with Crippen molar-refractivity contribution in [2.45, 2.75) is 110 Å². The molecule has 0 atom stereocenters. The Kier molecular flexibility index (Phi) is 9.91. The largest absolute Gasteiger partial charge is 0.497 e. The lowest BCUT2D eigenvalue weighted by molar-refractivity contribution is 0.140. The Bertz CT molecular complexity index is 532. The van der Waals surface area contributed by atoms with Gasteiger partial charge < -0.3 is 4.74 Å². The van der Waals surface area contributed by atoms with Gasteiger partial charge in [0, 0.05) is 0 Å². The molecule has 0 spiro atoms. The summed E-state index contributed by atoms with van der Waals surface area (Å²) in [5.74, 6) is 5.12. The van der Waals surface area contributed by atoms with Crippen molar-refractivity contribution in [3.8, 4) is 5.75 Å². The lowest BCUT2D eigenvalue weighted by atomic mass is 9.68. The number of methoxy groups -OCH3 is 1. The summed E-state index contributed by atoms with van der Waals surface area (Å²) in [5.41, 5.74) is 1.47. The number of rotatable bonds is 11. The fourth-order valence-corrected chi connectivity index (χ4v) is 6.10. The van der Waals surface area contributed by atoms with Gasteiger partial charge in [0.2, 0.25) is 0 Å². The molecule has 2 saturated carbocycles. The van der Waals surface area contributed by atoms with Gasteiger partial charge in [0.15, 0.2) is 0 Å². The molecule has 1 nitrogen and oxygen atoms in total. The van der Waals surface area contributed by atoms with Crippen LogP contribution in [-0.2, 0) is 6.42 Å². The van der Waals surface area contributed by atoms with E-state index in [0.29, 0.717) is 0 Å². The highest BCUT2D eigenvalue weighted by Gasteiger charge is 2.30. The summed E-state index contributed by atoms with van der Waals surface area (Å²) in [6.45, 7) is 2.32. The van der Waals surface area contributed by atoms with Crippen molar-refractivity contribution in [3.63, 3.8) is 0 Å². The van der Waals surface area contributed by atoms with Crippen molar-refractivity contribution >= 4 is 0 Å². The lowest BCUT2D eigenvalue weighted by Crippen LogP contribution is -2.26. The molecule has 0 heterocycles. The molecule has 0 radical (unpaired) electrons. The van der Waals surface area contributed by atoms with Crippen molar-refractivity contribution in [2.24, 2.45) is 23.7 Å². The third-order valence-electron chi connectivity index (χ3n) is 8.17. The maximum absolute atomic E-state index is 5.27. The predicted octanol–water partition coefficient (Wildman–Crippen LogP) is 8.60. The van der Waals surface area contributed by atoms with Crippen molar-refractivity contribution in [3.05, 3.63) is 29.8 Å². The van der Waals surface area contributed by atoms with Crippen LogP contribution in [0.15, 0.2) is 24.3 Å². The normalized spacial score (nSPS) is 27.7. The average Bonchev–Trinajstić information content (AvgIpc) is 2.79. The van der Waals surface area contributed by atoms with Crippen molar-refractivity contribution in [1.29, 1.82) is 0 Å². The minimum atomic E-state index is 0.966. The van der Waals surface area contributed by atoms with E-state index in [1.807, 2.05) is 0 Å². The zero-order chi connectivity index (χ0) is 20.3. The van der Waals surface area contributed by atoms with Crippen molar-refractivity contribution in [2.75, 3.05) is 7.11 Å². The highest BCUT2D eigenvalue weighted by molar-refractivity contribution is 5.27. The first-order chi connectivity index (χ1) is 14.3. The van der Waals surface area contributed by atoms with Crippen LogP contribution in [0.1, 0.15) is 109 Å². The minimum Gasteiger partial charge on any atom is -0.497 e. The monoisotopic (exact) mass is 398 g/mol. The molecule has 0 bridgehead atoms. The van der Waals surface area contributed by atoms with Crippen LogP contribution in [0, 0.1) is 23.7 Å². The molecule has 0 amide bonds. The standard InChI is InChI=1S/C28H46O/c1-3-4-5-6-7-8-23-11-17-26(18-12-23)27-19-13-24(14-20-27)9-10-25-15-21-28(29-2)22-16-25/h15-16,21-24,26-27H,3-14,17-20H2,1-2H3. The molecule has 1 aromatic rings. The number of hydrogen-bond donors (Lipinski definition) is 0. The third-order valence-corrected chi connectivity index (χ3v) is 8.17. The summed E-state index contributed by atoms with van der Waals surface area (Å²) in [6.07, 6.45) is 23.5. The molecule has 0 N–H and O–H groups in total. The van der Waals surface area contributed by atoms with Crippen LogP contribution < -0.4 is 4.74 Å². The van der Waals surface area contributed by atoms with Gasteiger partial charge in [-0.3, -0.25) is 0 Å². The molecule has 2 aliphatic rings. The van der Waals surface area contributed by atoms with Gasteiger partial charge in [-0.1, -0.05) is 83.3 Å². The van der Waals surface area contributed by atoms with Crippen LogP contribution in [0.25, 0.3) is 0 Å². The van der Waals surface area contributed by atoms with Crippen molar-refractivity contribution < 1.29 is 4.74 Å². The van der Waals surface area contributed by atoms with E-state index in [9.17, 15) is 0 Å². The molecule has 0 aliphatic heterocycles. The second kappa shape index (κ2) is 12.7. The fourth-order valence-electron chi connectivity index (χ4n) is 6.10. The van der Waals surface area contributed by atoms with Gasteiger partial charge in [0.05, 0.1) is 7.11 Å². The molecule has 1 heteroatoms. The van der Waals surface area contributed by atoms with Gasteiger partial charge in [-0.15, -0.1) is 0 Å². The quantitative estimate of drug-likeness (QED) is 0.339. The predicted molar refractivity (Wildman–Crippen MR) is 126 cm³/mol. The average molecular weight is 399 g/mol. The van der Waals surface area contributed by atoms with Crippen LogP contribution in [0.4, 0.5) is 0 Å². The Labute approximate surface area is 181 Å². The first-order valence-corrected chi connectivity index (χ1v) is 12.9. The number of aryl methyl sites for hydroxylation is 1. The summed E-state index contributed by atoms with van der Waals surface area (Å²) in [5, 5.41) is 0. The minimum absolute atomic E-state index is 0.966. The number of hydrogen-bond acceptors (Lipinski definition) is 1. The molecule has 29 heavy (non-hydrogen) atoms. The van der Waals surface area contributed by atoms with Gasteiger partial charge in [0.1, 0.15) is 5.75 Å². The Hall–Kier alpha value is -0.980. The lowest BCUT2D eigenvalue weighted by Gasteiger charge is -2.38. The van der Waals surface area contributed by atoms with Gasteiger partial charge in [0.25, 0.3) is 0 Å². The highest BCUT2D eigenvalue weighted by Crippen LogP contribution is 2.43. The summed E-state index contributed by atoms with van der Waals surface area (Å²) in [7, 11) is 1.74. The zero-order valence-corrected chi connectivity index (χ0v) is 19.3. The van der Waals surface area contributed by atoms with Gasteiger partial charge in [-0.25, -0.2) is 0 Å².